The number of benzene rings is 2. The molecule has 0 bridgehead atoms. The Hall–Kier alpha value is -1.66. The van der Waals surface area contributed by atoms with E-state index in [2.05, 4.69) is 20.6 Å². The Morgan fingerprint density at radius 3 is 1.32 bits per heavy atom. The first-order valence-corrected chi connectivity index (χ1v) is 11.8. The van der Waals surface area contributed by atoms with Gasteiger partial charge >= 0.3 is 39.0 Å². The van der Waals surface area contributed by atoms with Crippen LogP contribution in [0.4, 0.5) is 0 Å². The van der Waals surface area contributed by atoms with Crippen molar-refractivity contribution in [2.75, 3.05) is 52.5 Å². The number of aliphatic imine (C=N–C) groups is 2. The van der Waals surface area contributed by atoms with Gasteiger partial charge in [-0.3, -0.25) is 18.4 Å². The Labute approximate surface area is 243 Å². The smallest absolute Gasteiger partial charge is 0.872 e. The fourth-order valence-electron chi connectivity index (χ4n) is 2.20. The standard InChI is InChI=1S/2C11H16N2O2.H2O4S.2Zn/c2*14-8-7-12-5-6-13-9-10-3-1-2-4-11(10)15;1-5(2,3)4;;/h2*1-4,9,12,14-15H,5-8H2;(H2,1,2,3,4);;/q;;;2*+2/p-4. The summed E-state index contributed by atoms with van der Waals surface area (Å²) >= 11 is 0. The molecule has 2 aromatic rings. The van der Waals surface area contributed by atoms with Gasteiger partial charge in [0.2, 0.25) is 0 Å². The molecule has 37 heavy (non-hydrogen) atoms. The first-order valence-electron chi connectivity index (χ1n) is 10.5. The topological polar surface area (TPSA) is 216 Å². The van der Waals surface area contributed by atoms with Crippen LogP contribution >= 0.6 is 0 Å². The average Bonchev–Trinajstić information content (AvgIpc) is 2.80. The Morgan fingerprint density at radius 1 is 0.703 bits per heavy atom. The molecule has 196 valence electrons. The average molecular weight is 641 g/mol. The van der Waals surface area contributed by atoms with E-state index in [0.29, 0.717) is 50.4 Å². The molecule has 0 aliphatic carbocycles. The van der Waals surface area contributed by atoms with Crippen molar-refractivity contribution in [3.63, 3.8) is 0 Å². The van der Waals surface area contributed by atoms with Crippen LogP contribution in [0.15, 0.2) is 58.5 Å². The van der Waals surface area contributed by atoms with Crippen molar-refractivity contribution >= 4 is 22.8 Å². The fraction of sp³-hybridized carbons (Fsp3) is 0.364. The number of hydrogen-bond donors (Lipinski definition) is 4. The third kappa shape index (κ3) is 27.2. The third-order valence-corrected chi connectivity index (χ3v) is 3.71. The van der Waals surface area contributed by atoms with Crippen molar-refractivity contribution in [3.05, 3.63) is 59.7 Å². The molecule has 0 saturated carbocycles. The maximum atomic E-state index is 11.2. The normalized spacial score (nSPS) is 10.5. The molecule has 12 nitrogen and oxygen atoms in total. The second-order valence-corrected chi connectivity index (χ2v) is 7.32. The summed E-state index contributed by atoms with van der Waals surface area (Å²) in [6.45, 7) is 4.04. The number of aliphatic hydroxyl groups excluding tert-OH is 2. The maximum absolute atomic E-state index is 11.2. The van der Waals surface area contributed by atoms with E-state index in [1.54, 1.807) is 36.7 Å². The van der Waals surface area contributed by atoms with Gasteiger partial charge in [-0.05, 0) is 11.1 Å². The minimum atomic E-state index is -5.17. The molecule has 0 amide bonds. The molecule has 0 unspecified atom stereocenters. The minimum absolute atomic E-state index is 0. The Kier molecular flexibility index (Phi) is 28.0. The second-order valence-electron chi connectivity index (χ2n) is 6.50. The van der Waals surface area contributed by atoms with Crippen LogP contribution in [0.3, 0.4) is 0 Å². The van der Waals surface area contributed by atoms with E-state index in [0.717, 1.165) is 0 Å². The molecule has 0 aromatic heterocycles. The molecule has 0 radical (unpaired) electrons. The van der Waals surface area contributed by atoms with E-state index in [1.807, 2.05) is 12.1 Å². The maximum Gasteiger partial charge on any atom is 2.00 e. The SMILES string of the molecule is O=S(=O)([O-])[O-].[O-]c1ccccc1C=NCCNCCO.[O-]c1ccccc1C=NCCNCCO.[Zn+2].[Zn+2]. The molecule has 4 N–H and O–H groups in total. The van der Waals surface area contributed by atoms with Crippen LogP contribution in [0.1, 0.15) is 11.1 Å². The van der Waals surface area contributed by atoms with Crippen molar-refractivity contribution in [2.45, 2.75) is 0 Å². The van der Waals surface area contributed by atoms with E-state index in [1.165, 1.54) is 12.1 Å². The van der Waals surface area contributed by atoms with Gasteiger partial charge in [0.15, 0.2) is 0 Å². The van der Waals surface area contributed by atoms with E-state index in [-0.39, 0.29) is 63.7 Å². The third-order valence-electron chi connectivity index (χ3n) is 3.71. The predicted molar refractivity (Wildman–Crippen MR) is 127 cm³/mol. The zero-order valence-electron chi connectivity index (χ0n) is 20.5. The van der Waals surface area contributed by atoms with E-state index in [4.69, 9.17) is 27.7 Å². The van der Waals surface area contributed by atoms with E-state index in [9.17, 15) is 10.2 Å². The molecule has 0 heterocycles. The summed E-state index contributed by atoms with van der Waals surface area (Å²) in [5.74, 6) is -0.0193. The van der Waals surface area contributed by atoms with Gasteiger partial charge in [0, 0.05) is 49.0 Å². The Morgan fingerprint density at radius 2 is 1.03 bits per heavy atom. The molecule has 0 saturated heterocycles. The number of para-hydroxylation sites is 2. The fourth-order valence-corrected chi connectivity index (χ4v) is 2.20. The molecular weight excluding hydrogens is 611 g/mol. The van der Waals surface area contributed by atoms with Crippen molar-refractivity contribution < 1.29 is 76.9 Å². The molecule has 2 rings (SSSR count). The first kappa shape index (κ1) is 39.8. The van der Waals surface area contributed by atoms with E-state index < -0.39 is 10.4 Å². The molecule has 0 aliphatic heterocycles. The number of nitrogens with one attached hydrogen (secondary N) is 2. The van der Waals surface area contributed by atoms with Crippen molar-refractivity contribution in [3.8, 4) is 11.5 Å². The van der Waals surface area contributed by atoms with Gasteiger partial charge in [0.25, 0.3) is 0 Å². The van der Waals surface area contributed by atoms with E-state index >= 15 is 0 Å². The molecule has 15 heteroatoms. The van der Waals surface area contributed by atoms with Crippen LogP contribution < -0.4 is 20.8 Å². The minimum Gasteiger partial charge on any atom is -0.872 e. The van der Waals surface area contributed by atoms with Gasteiger partial charge < -0.3 is 40.2 Å². The number of rotatable bonds is 12. The van der Waals surface area contributed by atoms with Crippen molar-refractivity contribution in [1.29, 1.82) is 0 Å². The molecule has 0 atom stereocenters. The first-order chi connectivity index (χ1) is 16.7. The molecule has 0 fully saturated rings. The van der Waals surface area contributed by atoms with Crippen molar-refractivity contribution in [1.82, 2.24) is 10.6 Å². The van der Waals surface area contributed by atoms with Crippen LogP contribution in [-0.2, 0) is 49.4 Å². The summed E-state index contributed by atoms with van der Waals surface area (Å²) in [5.41, 5.74) is 1.22. The quantitative estimate of drug-likeness (QED) is 0.0669. The van der Waals surface area contributed by atoms with Crippen LogP contribution in [0.2, 0.25) is 0 Å². The Bertz CT molecular complexity index is 911. The predicted octanol–water partition coefficient (Wildman–Crippen LogP) is -1.82. The number of hydrogen-bond acceptors (Lipinski definition) is 12. The summed E-state index contributed by atoms with van der Waals surface area (Å²) in [4.78, 5) is 8.21. The van der Waals surface area contributed by atoms with Crippen LogP contribution in [-0.4, -0.2) is 92.6 Å². The zero-order chi connectivity index (χ0) is 26.4. The molecule has 0 spiro atoms. The Balaban J connectivity index is -0.000000506. The summed E-state index contributed by atoms with van der Waals surface area (Å²) in [6.07, 6.45) is 3.17. The number of aliphatic hydroxyl groups is 2. The molecular formula is C22H30N4O8SZn2. The van der Waals surface area contributed by atoms with Crippen molar-refractivity contribution in [2.24, 2.45) is 9.98 Å². The van der Waals surface area contributed by atoms with Gasteiger partial charge in [-0.25, -0.2) is 0 Å². The number of nitrogens with zero attached hydrogens (tertiary/aromatic N) is 2. The summed E-state index contributed by atoms with van der Waals surface area (Å²) in [7, 11) is -5.17. The van der Waals surface area contributed by atoms with Crippen LogP contribution in [0.25, 0.3) is 0 Å². The van der Waals surface area contributed by atoms with Gasteiger partial charge in [-0.1, -0.05) is 48.5 Å². The van der Waals surface area contributed by atoms with Crippen LogP contribution in [0.5, 0.6) is 11.5 Å². The zero-order valence-corrected chi connectivity index (χ0v) is 27.2. The summed E-state index contributed by atoms with van der Waals surface area (Å²) in [5, 5.41) is 45.5. The monoisotopic (exact) mass is 638 g/mol. The molecule has 0 aliphatic rings. The van der Waals surface area contributed by atoms with Gasteiger partial charge in [-0.15, -0.1) is 11.5 Å². The van der Waals surface area contributed by atoms with Gasteiger partial charge in [-0.2, -0.15) is 0 Å². The van der Waals surface area contributed by atoms with Gasteiger partial charge in [0.05, 0.1) is 26.3 Å². The second kappa shape index (κ2) is 26.0. The molecule has 2 aromatic carbocycles. The largest absolute Gasteiger partial charge is 2.00 e. The summed E-state index contributed by atoms with van der Waals surface area (Å²) in [6, 6.07) is 13.6. The van der Waals surface area contributed by atoms with Crippen LogP contribution in [0, 0.1) is 0 Å². The summed E-state index contributed by atoms with van der Waals surface area (Å²) < 4.78 is 34.1. The van der Waals surface area contributed by atoms with Gasteiger partial charge in [0.1, 0.15) is 0 Å².